The molecule has 98 valence electrons. The van der Waals surface area contributed by atoms with Crippen molar-refractivity contribution in [3.8, 4) is 0 Å². The Morgan fingerprint density at radius 3 is 2.24 bits per heavy atom. The maximum atomic E-state index is 11.1. The number of hydrogen-bond acceptors (Lipinski definition) is 5. The van der Waals surface area contributed by atoms with Crippen LogP contribution in [0.5, 0.6) is 0 Å². The highest BCUT2D eigenvalue weighted by molar-refractivity contribution is 5.81. The molecule has 0 aliphatic carbocycles. The van der Waals surface area contributed by atoms with Crippen LogP contribution >= 0.6 is 0 Å². The van der Waals surface area contributed by atoms with Crippen molar-refractivity contribution in [1.29, 1.82) is 0 Å². The molecule has 0 radical (unpaired) electrons. The zero-order valence-corrected chi connectivity index (χ0v) is 10.3. The molecule has 0 aromatic rings. The van der Waals surface area contributed by atoms with Gasteiger partial charge < -0.3 is 19.9 Å². The first-order chi connectivity index (χ1) is 7.61. The number of amides is 1. The van der Waals surface area contributed by atoms with Crippen molar-refractivity contribution >= 4 is 18.0 Å². The maximum Gasteiger partial charge on any atom is 0.408 e. The van der Waals surface area contributed by atoms with Gasteiger partial charge in [0.25, 0.3) is 0 Å². The van der Waals surface area contributed by atoms with Gasteiger partial charge in [-0.05, 0) is 27.7 Å². The van der Waals surface area contributed by atoms with E-state index >= 15 is 0 Å². The Kier molecular flexibility index (Phi) is 5.43. The predicted octanol–water partition coefficient (Wildman–Crippen LogP) is 0.527. The van der Waals surface area contributed by atoms with E-state index in [-0.39, 0.29) is 0 Å². The molecule has 0 aromatic carbocycles. The van der Waals surface area contributed by atoms with Crippen LogP contribution in [-0.4, -0.2) is 41.4 Å². The summed E-state index contributed by atoms with van der Waals surface area (Å²) < 4.78 is 9.35. The van der Waals surface area contributed by atoms with Gasteiger partial charge in [0.1, 0.15) is 12.1 Å². The molecular formula is C10H17NO6. The summed E-state index contributed by atoms with van der Waals surface area (Å²) in [4.78, 5) is 32.6. The van der Waals surface area contributed by atoms with Crippen molar-refractivity contribution in [3.05, 3.63) is 0 Å². The Morgan fingerprint density at radius 2 is 1.82 bits per heavy atom. The third kappa shape index (κ3) is 8.06. The van der Waals surface area contributed by atoms with E-state index in [4.69, 9.17) is 9.84 Å². The highest BCUT2D eigenvalue weighted by Gasteiger charge is 2.19. The second kappa shape index (κ2) is 6.07. The van der Waals surface area contributed by atoms with Crippen LogP contribution < -0.4 is 5.32 Å². The number of ether oxygens (including phenoxy) is 2. The van der Waals surface area contributed by atoms with Gasteiger partial charge in [-0.3, -0.25) is 4.79 Å². The number of carbonyl (C=O) groups excluding carboxylic acids is 2. The van der Waals surface area contributed by atoms with E-state index in [9.17, 15) is 14.4 Å². The highest BCUT2D eigenvalue weighted by Crippen LogP contribution is 2.06. The van der Waals surface area contributed by atoms with Crippen molar-refractivity contribution in [1.82, 2.24) is 5.32 Å². The summed E-state index contributed by atoms with van der Waals surface area (Å²) in [5, 5.41) is 10.6. The fourth-order valence-electron chi connectivity index (χ4n) is 0.748. The first-order valence-electron chi connectivity index (χ1n) is 5.01. The number of hydrogen-bond donors (Lipinski definition) is 2. The SMILES string of the molecule is CC(OC(=O)CNC(=O)OC(C)(C)C)C(=O)O. The lowest BCUT2D eigenvalue weighted by atomic mass is 10.2. The Labute approximate surface area is 99.1 Å². The summed E-state index contributed by atoms with van der Waals surface area (Å²) >= 11 is 0. The van der Waals surface area contributed by atoms with E-state index in [1.807, 2.05) is 0 Å². The second-order valence-electron chi connectivity index (χ2n) is 4.33. The third-order valence-electron chi connectivity index (χ3n) is 1.43. The average Bonchev–Trinajstić information content (AvgIpc) is 2.11. The van der Waals surface area contributed by atoms with Gasteiger partial charge >= 0.3 is 18.0 Å². The van der Waals surface area contributed by atoms with Crippen molar-refractivity contribution in [3.63, 3.8) is 0 Å². The van der Waals surface area contributed by atoms with Crippen LogP contribution in [0.2, 0.25) is 0 Å². The van der Waals surface area contributed by atoms with E-state index in [0.29, 0.717) is 0 Å². The molecule has 7 heteroatoms. The topological polar surface area (TPSA) is 102 Å². The molecule has 1 unspecified atom stereocenters. The van der Waals surface area contributed by atoms with Gasteiger partial charge in [0.05, 0.1) is 0 Å². The standard InChI is InChI=1S/C10H17NO6/c1-6(8(13)14)16-7(12)5-11-9(15)17-10(2,3)4/h6H,5H2,1-4H3,(H,11,15)(H,13,14). The molecule has 0 saturated carbocycles. The first-order valence-corrected chi connectivity index (χ1v) is 5.01. The largest absolute Gasteiger partial charge is 0.479 e. The van der Waals surface area contributed by atoms with Gasteiger partial charge in [0.2, 0.25) is 0 Å². The van der Waals surface area contributed by atoms with Crippen LogP contribution in [-0.2, 0) is 19.1 Å². The fraction of sp³-hybridized carbons (Fsp3) is 0.700. The Balaban J connectivity index is 3.93. The minimum absolute atomic E-state index is 0.438. The van der Waals surface area contributed by atoms with Gasteiger partial charge in [-0.15, -0.1) is 0 Å². The first kappa shape index (κ1) is 15.2. The molecule has 0 aliphatic heterocycles. The number of alkyl carbamates (subject to hydrolysis) is 1. The number of carboxylic acid groups (broad SMARTS) is 1. The fourth-order valence-corrected chi connectivity index (χ4v) is 0.748. The van der Waals surface area contributed by atoms with Crippen molar-refractivity contribution in [2.45, 2.75) is 39.4 Å². The molecule has 0 spiro atoms. The number of esters is 1. The molecule has 17 heavy (non-hydrogen) atoms. The molecule has 0 rings (SSSR count). The van der Waals surface area contributed by atoms with Crippen molar-refractivity contribution < 1.29 is 29.0 Å². The van der Waals surface area contributed by atoms with E-state index in [2.05, 4.69) is 10.1 Å². The lowest BCUT2D eigenvalue weighted by molar-refractivity contribution is -0.161. The number of carboxylic acids is 1. The quantitative estimate of drug-likeness (QED) is 0.702. The van der Waals surface area contributed by atoms with Gasteiger partial charge in [0, 0.05) is 0 Å². The highest BCUT2D eigenvalue weighted by atomic mass is 16.6. The molecular weight excluding hydrogens is 230 g/mol. The second-order valence-corrected chi connectivity index (χ2v) is 4.33. The normalized spacial score (nSPS) is 12.5. The van der Waals surface area contributed by atoms with Gasteiger partial charge in [-0.1, -0.05) is 0 Å². The van der Waals surface area contributed by atoms with Crippen LogP contribution in [0.15, 0.2) is 0 Å². The van der Waals surface area contributed by atoms with Crippen LogP contribution in [0, 0.1) is 0 Å². The van der Waals surface area contributed by atoms with E-state index < -0.39 is 36.3 Å². The van der Waals surface area contributed by atoms with Crippen LogP contribution in [0.25, 0.3) is 0 Å². The molecule has 0 aliphatic rings. The minimum Gasteiger partial charge on any atom is -0.479 e. The summed E-state index contributed by atoms with van der Waals surface area (Å²) in [6.07, 6.45) is -2.01. The molecule has 0 heterocycles. The van der Waals surface area contributed by atoms with Crippen LogP contribution in [0.4, 0.5) is 4.79 Å². The molecule has 0 saturated heterocycles. The lowest BCUT2D eigenvalue weighted by Crippen LogP contribution is -2.37. The minimum atomic E-state index is -1.25. The van der Waals surface area contributed by atoms with E-state index in [0.717, 1.165) is 0 Å². The Hall–Kier alpha value is -1.79. The molecule has 2 N–H and O–H groups in total. The van der Waals surface area contributed by atoms with Crippen LogP contribution in [0.1, 0.15) is 27.7 Å². The number of carbonyl (C=O) groups is 3. The summed E-state index contributed by atoms with van der Waals surface area (Å²) in [6, 6.07) is 0. The zero-order valence-electron chi connectivity index (χ0n) is 10.3. The van der Waals surface area contributed by atoms with Crippen LogP contribution in [0.3, 0.4) is 0 Å². The van der Waals surface area contributed by atoms with Gasteiger partial charge in [0.15, 0.2) is 6.10 Å². The lowest BCUT2D eigenvalue weighted by Gasteiger charge is -2.19. The van der Waals surface area contributed by atoms with E-state index in [1.54, 1.807) is 20.8 Å². The molecule has 0 aromatic heterocycles. The summed E-state index contributed by atoms with van der Waals surface area (Å²) in [5.74, 6) is -2.10. The molecule has 0 bridgehead atoms. The van der Waals surface area contributed by atoms with E-state index in [1.165, 1.54) is 6.92 Å². The number of rotatable bonds is 4. The molecule has 1 amide bonds. The number of nitrogens with one attached hydrogen (secondary N) is 1. The Morgan fingerprint density at radius 1 is 1.29 bits per heavy atom. The summed E-state index contributed by atoms with van der Waals surface area (Å²) in [7, 11) is 0. The third-order valence-corrected chi connectivity index (χ3v) is 1.43. The van der Waals surface area contributed by atoms with Gasteiger partial charge in [-0.2, -0.15) is 0 Å². The molecule has 1 atom stereocenters. The average molecular weight is 247 g/mol. The summed E-state index contributed by atoms with van der Waals surface area (Å²) in [6.45, 7) is 5.81. The number of aliphatic carboxylic acids is 1. The zero-order chi connectivity index (χ0) is 13.6. The maximum absolute atomic E-state index is 11.1. The smallest absolute Gasteiger partial charge is 0.408 e. The van der Waals surface area contributed by atoms with Crippen molar-refractivity contribution in [2.75, 3.05) is 6.54 Å². The molecule has 7 nitrogen and oxygen atoms in total. The summed E-state index contributed by atoms with van der Waals surface area (Å²) in [5.41, 5.74) is -0.664. The molecule has 0 fully saturated rings. The predicted molar refractivity (Wildman–Crippen MR) is 57.4 cm³/mol. The van der Waals surface area contributed by atoms with Gasteiger partial charge in [-0.25, -0.2) is 9.59 Å². The monoisotopic (exact) mass is 247 g/mol. The Bertz CT molecular complexity index is 306. The van der Waals surface area contributed by atoms with Crippen molar-refractivity contribution in [2.24, 2.45) is 0 Å².